The van der Waals surface area contributed by atoms with Gasteiger partial charge in [0.15, 0.2) is 9.79 Å². The van der Waals surface area contributed by atoms with Crippen LogP contribution in [0.3, 0.4) is 0 Å². The van der Waals surface area contributed by atoms with Crippen molar-refractivity contribution in [1.29, 1.82) is 0 Å². The molecular formula is C25H35O2S+. The third kappa shape index (κ3) is 4.63. The van der Waals surface area contributed by atoms with Crippen LogP contribution in [0.15, 0.2) is 40.1 Å². The zero-order valence-electron chi connectivity index (χ0n) is 18.9. The van der Waals surface area contributed by atoms with E-state index in [-0.39, 0.29) is 16.6 Å². The Bertz CT molecular complexity index is 818. The summed E-state index contributed by atoms with van der Waals surface area (Å²) >= 11 is 0. The van der Waals surface area contributed by atoms with E-state index in [1.807, 2.05) is 6.92 Å². The van der Waals surface area contributed by atoms with Crippen molar-refractivity contribution in [3.8, 4) is 0 Å². The minimum absolute atomic E-state index is 0.0969. The molecule has 0 fully saturated rings. The van der Waals surface area contributed by atoms with E-state index in [0.29, 0.717) is 6.61 Å². The van der Waals surface area contributed by atoms with Crippen molar-refractivity contribution in [2.75, 3.05) is 6.61 Å². The highest BCUT2D eigenvalue weighted by Gasteiger charge is 2.51. The Hall–Kier alpha value is -1.74. The quantitative estimate of drug-likeness (QED) is 0.439. The van der Waals surface area contributed by atoms with Gasteiger partial charge in [-0.05, 0) is 41.5 Å². The third-order valence-corrected chi connectivity index (χ3v) is 8.51. The van der Waals surface area contributed by atoms with Gasteiger partial charge in [-0.3, -0.25) is 0 Å². The molecule has 2 aromatic rings. The van der Waals surface area contributed by atoms with Crippen LogP contribution < -0.4 is 0 Å². The number of rotatable bonds is 5. The lowest BCUT2D eigenvalue weighted by Gasteiger charge is -2.30. The highest BCUT2D eigenvalue weighted by atomic mass is 32.2. The van der Waals surface area contributed by atoms with Crippen LogP contribution in [0.1, 0.15) is 55.5 Å². The maximum Gasteiger partial charge on any atom is 0.360 e. The Morgan fingerprint density at radius 3 is 1.82 bits per heavy atom. The van der Waals surface area contributed by atoms with Crippen LogP contribution in [0.25, 0.3) is 0 Å². The number of carbonyl (C=O) groups excluding carboxylic acids is 1. The van der Waals surface area contributed by atoms with Gasteiger partial charge in [0.2, 0.25) is 5.25 Å². The van der Waals surface area contributed by atoms with E-state index in [4.69, 9.17) is 4.74 Å². The van der Waals surface area contributed by atoms with Gasteiger partial charge in [0.25, 0.3) is 0 Å². The van der Waals surface area contributed by atoms with Crippen molar-refractivity contribution >= 4 is 16.9 Å². The van der Waals surface area contributed by atoms with Crippen LogP contribution in [0.2, 0.25) is 0 Å². The Balaban J connectivity index is 2.89. The molecule has 2 rings (SSSR count). The summed E-state index contributed by atoms with van der Waals surface area (Å²) in [7, 11) is -0.419. The molecule has 0 aliphatic rings. The lowest BCUT2D eigenvalue weighted by Crippen LogP contribution is -2.43. The molecule has 0 amide bonds. The van der Waals surface area contributed by atoms with E-state index in [1.165, 1.54) is 37.6 Å². The van der Waals surface area contributed by atoms with Crippen molar-refractivity contribution in [2.45, 2.75) is 77.4 Å². The van der Waals surface area contributed by atoms with Crippen LogP contribution in [-0.4, -0.2) is 17.8 Å². The fraction of sp³-hybridized carbons (Fsp3) is 0.480. The average Bonchev–Trinajstić information content (AvgIpc) is 2.52. The Morgan fingerprint density at radius 1 is 0.929 bits per heavy atom. The molecule has 0 heterocycles. The van der Waals surface area contributed by atoms with Gasteiger partial charge in [-0.1, -0.05) is 56.7 Å². The van der Waals surface area contributed by atoms with Crippen LogP contribution in [0.4, 0.5) is 0 Å². The van der Waals surface area contributed by atoms with Gasteiger partial charge < -0.3 is 4.74 Å². The van der Waals surface area contributed by atoms with E-state index in [2.05, 4.69) is 85.7 Å². The maximum atomic E-state index is 13.3. The van der Waals surface area contributed by atoms with E-state index < -0.39 is 10.9 Å². The lowest BCUT2D eigenvalue weighted by molar-refractivity contribution is -0.144. The normalized spacial score (nSPS) is 13.9. The lowest BCUT2D eigenvalue weighted by atomic mass is 9.92. The third-order valence-electron chi connectivity index (χ3n) is 4.98. The molecule has 28 heavy (non-hydrogen) atoms. The number of benzene rings is 2. The maximum absolute atomic E-state index is 13.3. The van der Waals surface area contributed by atoms with Crippen LogP contribution in [0, 0.1) is 40.0 Å². The summed E-state index contributed by atoms with van der Waals surface area (Å²) in [6.07, 6.45) is 0. The second-order valence-electron chi connectivity index (χ2n) is 8.78. The first-order valence-corrected chi connectivity index (χ1v) is 11.3. The van der Waals surface area contributed by atoms with E-state index in [0.717, 1.165) is 0 Å². The summed E-state index contributed by atoms with van der Waals surface area (Å²) in [5.41, 5.74) is 6.01. The van der Waals surface area contributed by atoms with Crippen LogP contribution >= 0.6 is 0 Å². The number of hydrogen-bond donors (Lipinski definition) is 0. The highest BCUT2D eigenvalue weighted by Crippen LogP contribution is 2.42. The molecule has 0 saturated carbocycles. The summed E-state index contributed by atoms with van der Waals surface area (Å²) < 4.78 is 5.61. The number of carbonyl (C=O) groups is 1. The predicted molar refractivity (Wildman–Crippen MR) is 120 cm³/mol. The largest absolute Gasteiger partial charge is 0.462 e. The number of hydrogen-bond acceptors (Lipinski definition) is 2. The summed E-state index contributed by atoms with van der Waals surface area (Å²) in [6, 6.07) is 10.9. The molecule has 152 valence electrons. The molecule has 0 radical (unpaired) electrons. The second-order valence-corrected chi connectivity index (χ2v) is 10.7. The van der Waals surface area contributed by atoms with Crippen LogP contribution in [0.5, 0.6) is 0 Å². The molecule has 0 aliphatic carbocycles. The SMILES string of the molecule is CCOC(=O)C([S+](c1c(C)cccc1C)c1c(C)cc(C)cc1C)C(C)(C)C. The van der Waals surface area contributed by atoms with Crippen molar-refractivity contribution < 1.29 is 9.53 Å². The molecule has 3 heteroatoms. The fourth-order valence-electron chi connectivity index (χ4n) is 4.02. The number of ether oxygens (including phenoxy) is 1. The fourth-order valence-corrected chi connectivity index (χ4v) is 7.30. The van der Waals surface area contributed by atoms with Crippen molar-refractivity contribution in [2.24, 2.45) is 5.41 Å². The smallest absolute Gasteiger partial charge is 0.360 e. The van der Waals surface area contributed by atoms with Crippen molar-refractivity contribution in [1.82, 2.24) is 0 Å². The van der Waals surface area contributed by atoms with Gasteiger partial charge in [-0.25, -0.2) is 4.79 Å². The molecule has 0 bridgehead atoms. The molecule has 2 nitrogen and oxygen atoms in total. The zero-order chi connectivity index (χ0) is 21.2. The minimum Gasteiger partial charge on any atom is -0.462 e. The van der Waals surface area contributed by atoms with Gasteiger partial charge in [0.1, 0.15) is 0 Å². The van der Waals surface area contributed by atoms with Gasteiger partial charge >= 0.3 is 5.97 Å². The minimum atomic E-state index is -0.419. The molecule has 2 aromatic carbocycles. The first-order valence-electron chi connectivity index (χ1n) is 10.0. The summed E-state index contributed by atoms with van der Waals surface area (Å²) in [4.78, 5) is 15.8. The zero-order valence-corrected chi connectivity index (χ0v) is 19.7. The first-order chi connectivity index (χ1) is 13.0. The van der Waals surface area contributed by atoms with E-state index in [9.17, 15) is 4.79 Å². The summed E-state index contributed by atoms with van der Waals surface area (Å²) in [5.74, 6) is -0.0969. The molecule has 2 unspecified atom stereocenters. The summed E-state index contributed by atoms with van der Waals surface area (Å²) in [6.45, 7) is 19.6. The summed E-state index contributed by atoms with van der Waals surface area (Å²) in [5, 5.41) is -0.243. The molecule has 0 N–H and O–H groups in total. The average molecular weight is 400 g/mol. The Kier molecular flexibility index (Phi) is 7.03. The number of esters is 1. The highest BCUT2D eigenvalue weighted by molar-refractivity contribution is 7.98. The topological polar surface area (TPSA) is 26.3 Å². The Labute approximate surface area is 174 Å². The molecule has 0 aliphatic heterocycles. The van der Waals surface area contributed by atoms with Crippen molar-refractivity contribution in [3.63, 3.8) is 0 Å². The van der Waals surface area contributed by atoms with Gasteiger partial charge in [0, 0.05) is 27.7 Å². The predicted octanol–water partition coefficient (Wildman–Crippen LogP) is 6.24. The van der Waals surface area contributed by atoms with E-state index in [1.54, 1.807) is 0 Å². The molecule has 0 spiro atoms. The monoisotopic (exact) mass is 399 g/mol. The standard InChI is InChI=1S/C25H35O2S/c1-10-27-24(26)23(25(7,8)9)28(21-17(3)12-11-13-18(21)4)22-19(5)14-16(2)15-20(22)6/h11-15,23H,10H2,1-9H3/q+1. The molecular weight excluding hydrogens is 364 g/mol. The van der Waals surface area contributed by atoms with Gasteiger partial charge in [0.05, 0.1) is 17.5 Å². The van der Waals surface area contributed by atoms with Crippen molar-refractivity contribution in [3.05, 3.63) is 58.1 Å². The molecule has 2 atom stereocenters. The first kappa shape index (κ1) is 22.5. The number of aryl methyl sites for hydroxylation is 5. The van der Waals surface area contributed by atoms with Crippen LogP contribution in [-0.2, 0) is 20.4 Å². The second kappa shape index (κ2) is 8.73. The van der Waals surface area contributed by atoms with Gasteiger partial charge in [-0.2, -0.15) is 0 Å². The Morgan fingerprint density at radius 2 is 1.39 bits per heavy atom. The molecule has 0 aromatic heterocycles. The van der Waals surface area contributed by atoms with E-state index >= 15 is 0 Å². The molecule has 0 saturated heterocycles. The van der Waals surface area contributed by atoms with Gasteiger partial charge in [-0.15, -0.1) is 0 Å².